The van der Waals surface area contributed by atoms with Gasteiger partial charge < -0.3 is 9.64 Å². The fourth-order valence-electron chi connectivity index (χ4n) is 3.60. The Balaban J connectivity index is 1.74. The van der Waals surface area contributed by atoms with Crippen LogP contribution in [-0.2, 0) is 4.74 Å². The van der Waals surface area contributed by atoms with Crippen molar-refractivity contribution in [1.29, 1.82) is 0 Å². The van der Waals surface area contributed by atoms with Gasteiger partial charge in [-0.25, -0.2) is 9.50 Å². The Morgan fingerprint density at radius 3 is 2.86 bits per heavy atom. The van der Waals surface area contributed by atoms with Gasteiger partial charge in [0.25, 0.3) is 0 Å². The maximum Gasteiger partial charge on any atom is 0.179 e. The van der Waals surface area contributed by atoms with Gasteiger partial charge >= 0.3 is 0 Å². The monoisotopic (exact) mass is 375 g/mol. The minimum Gasteiger partial charge on any atom is -0.377 e. The average Bonchev–Trinajstić information content (AvgIpc) is 3.38. The quantitative estimate of drug-likeness (QED) is 0.593. The van der Waals surface area contributed by atoms with E-state index >= 15 is 0 Å². The van der Waals surface area contributed by atoms with Crippen LogP contribution in [0.2, 0.25) is 0 Å². The first-order valence-corrected chi connectivity index (χ1v) is 9.36. The van der Waals surface area contributed by atoms with Crippen molar-refractivity contribution < 1.29 is 4.74 Å². The Bertz CT molecular complexity index is 1100. The fourth-order valence-corrected chi connectivity index (χ4v) is 3.60. The minimum absolute atomic E-state index is 0.252. The van der Waals surface area contributed by atoms with E-state index in [-0.39, 0.29) is 6.04 Å². The molecule has 8 nitrogen and oxygen atoms in total. The fraction of sp³-hybridized carbons (Fsp3) is 0.300. The van der Waals surface area contributed by atoms with Gasteiger partial charge in [-0.15, -0.1) is 5.10 Å². The Labute approximate surface area is 162 Å². The van der Waals surface area contributed by atoms with Gasteiger partial charge in [-0.3, -0.25) is 10.1 Å². The van der Waals surface area contributed by atoms with Gasteiger partial charge in [-0.2, -0.15) is 5.10 Å². The lowest BCUT2D eigenvalue weighted by atomic mass is 10.1. The summed E-state index contributed by atoms with van der Waals surface area (Å²) in [5.74, 6) is 1.63. The standard InChI is InChI=1S/C20H21N7O/c1-13-3-4-15(10-21-13)16-9-19(26-7-8-28-12-14(26)2)25-27-18(16)11-22-20(27)17-5-6-23-24-17/h3-6,9-11,14H,7-8,12H2,1-2H3,(H,23,24)/t14-/m1/s1. The SMILES string of the molecule is Cc1ccc(-c2cc(N3CCOC[C@H]3C)nn3c(-c4ccn[nH]4)ncc23)cn1. The highest BCUT2D eigenvalue weighted by molar-refractivity contribution is 5.82. The molecule has 142 valence electrons. The van der Waals surface area contributed by atoms with E-state index in [1.165, 1.54) is 0 Å². The van der Waals surface area contributed by atoms with Crippen LogP contribution >= 0.6 is 0 Å². The van der Waals surface area contributed by atoms with Gasteiger partial charge in [0, 0.05) is 35.8 Å². The predicted octanol–water partition coefficient (Wildman–Crippen LogP) is 2.71. The molecule has 0 aliphatic carbocycles. The summed E-state index contributed by atoms with van der Waals surface area (Å²) in [6.45, 7) is 6.34. The summed E-state index contributed by atoms with van der Waals surface area (Å²) >= 11 is 0. The Kier molecular flexibility index (Phi) is 4.05. The van der Waals surface area contributed by atoms with Crippen molar-refractivity contribution in [1.82, 2.24) is 29.8 Å². The Hall–Kier alpha value is -3.26. The van der Waals surface area contributed by atoms with Crippen LogP contribution in [0.15, 0.2) is 42.9 Å². The van der Waals surface area contributed by atoms with Gasteiger partial charge in [0.15, 0.2) is 11.6 Å². The van der Waals surface area contributed by atoms with Crippen molar-refractivity contribution in [3.8, 4) is 22.6 Å². The number of morpholine rings is 1. The highest BCUT2D eigenvalue weighted by Gasteiger charge is 2.23. The van der Waals surface area contributed by atoms with Crippen LogP contribution in [0.4, 0.5) is 5.82 Å². The van der Waals surface area contributed by atoms with E-state index in [4.69, 9.17) is 9.84 Å². The number of ether oxygens (including phenoxy) is 1. The molecule has 5 rings (SSSR count). The number of nitrogens with zero attached hydrogens (tertiary/aromatic N) is 6. The first-order chi connectivity index (χ1) is 13.7. The number of pyridine rings is 1. The number of imidazole rings is 1. The van der Waals surface area contributed by atoms with E-state index in [0.717, 1.165) is 46.2 Å². The summed E-state index contributed by atoms with van der Waals surface area (Å²) < 4.78 is 7.49. The molecule has 4 aromatic rings. The number of aromatic nitrogens is 6. The average molecular weight is 375 g/mol. The van der Waals surface area contributed by atoms with E-state index in [1.807, 2.05) is 36.0 Å². The van der Waals surface area contributed by atoms with Crippen LogP contribution in [0.3, 0.4) is 0 Å². The minimum atomic E-state index is 0.252. The van der Waals surface area contributed by atoms with E-state index < -0.39 is 0 Å². The summed E-state index contributed by atoms with van der Waals surface area (Å²) in [6, 6.07) is 8.39. The maximum absolute atomic E-state index is 5.60. The lowest BCUT2D eigenvalue weighted by molar-refractivity contribution is 0.0984. The van der Waals surface area contributed by atoms with Crippen LogP contribution in [0.1, 0.15) is 12.6 Å². The molecule has 5 heterocycles. The number of aryl methyl sites for hydroxylation is 1. The summed E-state index contributed by atoms with van der Waals surface area (Å²) in [6.07, 6.45) is 5.47. The molecular weight excluding hydrogens is 354 g/mol. The van der Waals surface area contributed by atoms with Crippen molar-refractivity contribution in [3.05, 3.63) is 48.5 Å². The number of H-pyrrole nitrogens is 1. The molecule has 1 saturated heterocycles. The molecule has 8 heteroatoms. The second kappa shape index (κ2) is 6.72. The number of hydrogen-bond donors (Lipinski definition) is 1. The molecule has 1 aliphatic rings. The van der Waals surface area contributed by atoms with E-state index in [2.05, 4.69) is 44.1 Å². The van der Waals surface area contributed by atoms with Gasteiger partial charge in [-0.05, 0) is 32.0 Å². The largest absolute Gasteiger partial charge is 0.377 e. The zero-order valence-electron chi connectivity index (χ0n) is 15.8. The third-order valence-electron chi connectivity index (χ3n) is 5.12. The Morgan fingerprint density at radius 1 is 1.18 bits per heavy atom. The molecule has 0 unspecified atom stereocenters. The van der Waals surface area contributed by atoms with Crippen LogP contribution in [0.25, 0.3) is 28.2 Å². The Morgan fingerprint density at radius 2 is 2.11 bits per heavy atom. The maximum atomic E-state index is 5.60. The summed E-state index contributed by atoms with van der Waals surface area (Å²) in [7, 11) is 0. The van der Waals surface area contributed by atoms with E-state index in [1.54, 1.807) is 6.20 Å². The van der Waals surface area contributed by atoms with Crippen molar-refractivity contribution in [2.75, 3.05) is 24.7 Å². The van der Waals surface area contributed by atoms with E-state index in [0.29, 0.717) is 13.2 Å². The van der Waals surface area contributed by atoms with Gasteiger partial charge in [0.05, 0.1) is 31.0 Å². The van der Waals surface area contributed by atoms with Crippen LogP contribution in [0.5, 0.6) is 0 Å². The van der Waals surface area contributed by atoms with Crippen molar-refractivity contribution in [3.63, 3.8) is 0 Å². The third-order valence-corrected chi connectivity index (χ3v) is 5.12. The van der Waals surface area contributed by atoms with Crippen LogP contribution in [0, 0.1) is 6.92 Å². The molecular formula is C20H21N7O. The number of anilines is 1. The molecule has 1 atom stereocenters. The zero-order chi connectivity index (χ0) is 19.1. The number of hydrogen-bond acceptors (Lipinski definition) is 6. The molecule has 0 amide bonds. The van der Waals surface area contributed by atoms with Crippen molar-refractivity contribution >= 4 is 11.3 Å². The second-order valence-electron chi connectivity index (χ2n) is 7.07. The molecule has 0 spiro atoms. The van der Waals surface area contributed by atoms with Crippen LogP contribution < -0.4 is 4.90 Å². The van der Waals surface area contributed by atoms with E-state index in [9.17, 15) is 0 Å². The lowest BCUT2D eigenvalue weighted by Crippen LogP contribution is -2.44. The summed E-state index contributed by atoms with van der Waals surface area (Å²) in [5.41, 5.74) is 4.83. The molecule has 1 fully saturated rings. The second-order valence-corrected chi connectivity index (χ2v) is 7.07. The highest BCUT2D eigenvalue weighted by Crippen LogP contribution is 2.31. The highest BCUT2D eigenvalue weighted by atomic mass is 16.5. The van der Waals surface area contributed by atoms with Crippen molar-refractivity contribution in [2.24, 2.45) is 0 Å². The molecule has 28 heavy (non-hydrogen) atoms. The number of nitrogens with one attached hydrogen (secondary N) is 1. The normalized spacial score (nSPS) is 17.4. The lowest BCUT2D eigenvalue weighted by Gasteiger charge is -2.34. The summed E-state index contributed by atoms with van der Waals surface area (Å²) in [5, 5.41) is 12.0. The topological polar surface area (TPSA) is 84.2 Å². The molecule has 0 aromatic carbocycles. The predicted molar refractivity (Wildman–Crippen MR) is 106 cm³/mol. The number of fused-ring (bicyclic) bond motifs is 1. The number of rotatable bonds is 3. The molecule has 4 aromatic heterocycles. The smallest absolute Gasteiger partial charge is 0.179 e. The summed E-state index contributed by atoms with van der Waals surface area (Å²) in [4.78, 5) is 11.4. The molecule has 1 N–H and O–H groups in total. The number of aromatic amines is 1. The van der Waals surface area contributed by atoms with Gasteiger partial charge in [0.2, 0.25) is 0 Å². The van der Waals surface area contributed by atoms with Gasteiger partial charge in [-0.1, -0.05) is 6.07 Å². The van der Waals surface area contributed by atoms with Gasteiger partial charge in [0.1, 0.15) is 5.69 Å². The van der Waals surface area contributed by atoms with Crippen molar-refractivity contribution in [2.45, 2.75) is 19.9 Å². The molecule has 0 saturated carbocycles. The third kappa shape index (κ3) is 2.82. The zero-order valence-corrected chi connectivity index (χ0v) is 15.8. The molecule has 1 aliphatic heterocycles. The first kappa shape index (κ1) is 16.9. The molecule has 0 radical (unpaired) electrons. The molecule has 0 bridgehead atoms. The first-order valence-electron chi connectivity index (χ1n) is 9.36. The van der Waals surface area contributed by atoms with Crippen LogP contribution in [-0.4, -0.2) is 55.6 Å².